The zero-order chi connectivity index (χ0) is 27.8. The number of carbonyl (C=O) groups excluding carboxylic acids is 2. The van der Waals surface area contributed by atoms with Crippen molar-refractivity contribution in [1.82, 2.24) is 4.90 Å². The van der Waals surface area contributed by atoms with E-state index >= 15 is 0 Å². The first-order valence-corrected chi connectivity index (χ1v) is 16.6. The molecule has 9 heteroatoms. The van der Waals surface area contributed by atoms with Crippen LogP contribution in [0.2, 0.25) is 18.1 Å². The van der Waals surface area contributed by atoms with Crippen molar-refractivity contribution in [2.24, 2.45) is 11.8 Å². The lowest BCUT2D eigenvalue weighted by molar-refractivity contribution is -1.06. The maximum Gasteiger partial charge on any atom is 0.355 e. The van der Waals surface area contributed by atoms with Crippen LogP contribution in [0.25, 0.3) is 0 Å². The Morgan fingerprint density at radius 3 is 2.32 bits per heavy atom. The average Bonchev–Trinajstić information content (AvgIpc) is 3.39. The summed E-state index contributed by atoms with van der Waals surface area (Å²) in [7, 11) is 3.76. The predicted octanol–water partition coefficient (Wildman–Crippen LogP) is 4.66. The van der Waals surface area contributed by atoms with Crippen molar-refractivity contribution in [3.8, 4) is 5.75 Å². The smallest absolute Gasteiger partial charge is 0.355 e. The number of nitrogens with zero attached hydrogens (tertiary/aromatic N) is 2. The summed E-state index contributed by atoms with van der Waals surface area (Å²) in [6.45, 7) is 11.7. The number of rotatable bonds is 11. The monoisotopic (exact) mass is 545 g/mol. The maximum atomic E-state index is 13.7. The average molecular weight is 546 g/mol. The number of benzene rings is 1. The lowest BCUT2D eigenvalue weighted by atomic mass is 9.77. The van der Waals surface area contributed by atoms with Gasteiger partial charge in [0.25, 0.3) is 0 Å². The van der Waals surface area contributed by atoms with Crippen LogP contribution in [0.5, 0.6) is 5.75 Å². The summed E-state index contributed by atoms with van der Waals surface area (Å²) in [4.78, 5) is 35.3. The zero-order valence-electron chi connectivity index (χ0n) is 24.3. The van der Waals surface area contributed by atoms with Gasteiger partial charge in [-0.05, 0) is 42.8 Å². The molecule has 8 nitrogen and oxygen atoms in total. The summed E-state index contributed by atoms with van der Waals surface area (Å²) >= 11 is 0. The van der Waals surface area contributed by atoms with Gasteiger partial charge in [-0.25, -0.2) is 4.79 Å². The Hall–Kier alpha value is -2.20. The second-order valence-corrected chi connectivity index (χ2v) is 16.2. The Bertz CT molecular complexity index is 1060. The van der Waals surface area contributed by atoms with Gasteiger partial charge < -0.3 is 18.8 Å². The summed E-state index contributed by atoms with van der Waals surface area (Å²) < 4.78 is 18.2. The molecule has 3 aliphatic heterocycles. The summed E-state index contributed by atoms with van der Waals surface area (Å²) in [6.07, 6.45) is 0.379. The number of methoxy groups -OCH3 is 1. The van der Waals surface area contributed by atoms with Gasteiger partial charge >= 0.3 is 5.97 Å². The Morgan fingerprint density at radius 1 is 1.16 bits per heavy atom. The van der Waals surface area contributed by atoms with Gasteiger partial charge in [0.1, 0.15) is 30.7 Å². The molecule has 0 saturated carbocycles. The molecule has 5 atom stereocenters. The largest absolute Gasteiger partial charge is 0.497 e. The highest BCUT2D eigenvalue weighted by Crippen LogP contribution is 2.51. The molecule has 1 aromatic rings. The van der Waals surface area contributed by atoms with Crippen molar-refractivity contribution in [2.75, 3.05) is 27.7 Å². The number of esters is 1. The Labute approximate surface area is 228 Å². The highest BCUT2D eigenvalue weighted by molar-refractivity contribution is 6.73. The SMILES string of the molecule is CC[Si](CC)(CC)O[C@H](C)[C@H]1C(=O)N2C(C(=O)OCc3ccc(OC)cc3)=C([C@@H]3CC[N+](C)(C)O3)[C@H](C)[C@H]12. The molecule has 0 radical (unpaired) electrons. The number of carbonyl (C=O) groups is 2. The van der Waals surface area contributed by atoms with Gasteiger partial charge in [0.2, 0.25) is 5.91 Å². The fraction of sp³-hybridized carbons (Fsp3) is 0.655. The van der Waals surface area contributed by atoms with E-state index in [1.807, 2.05) is 45.3 Å². The molecular weight excluding hydrogens is 500 g/mol. The van der Waals surface area contributed by atoms with Crippen LogP contribution in [0, 0.1) is 11.8 Å². The van der Waals surface area contributed by atoms with E-state index in [1.54, 1.807) is 12.0 Å². The fourth-order valence-electron chi connectivity index (χ4n) is 6.50. The second-order valence-electron chi connectivity index (χ2n) is 11.5. The Morgan fingerprint density at radius 2 is 1.79 bits per heavy atom. The Balaban J connectivity index is 1.59. The van der Waals surface area contributed by atoms with Crippen LogP contribution < -0.4 is 4.74 Å². The van der Waals surface area contributed by atoms with E-state index in [-0.39, 0.29) is 42.6 Å². The van der Waals surface area contributed by atoms with Gasteiger partial charge in [-0.15, -0.1) is 0 Å². The first kappa shape index (κ1) is 28.8. The van der Waals surface area contributed by atoms with Gasteiger partial charge in [-0.1, -0.05) is 39.8 Å². The third-order valence-corrected chi connectivity index (χ3v) is 13.7. The molecule has 2 fully saturated rings. The van der Waals surface area contributed by atoms with Crippen LogP contribution in [-0.4, -0.2) is 75.7 Å². The first-order valence-electron chi connectivity index (χ1n) is 14.1. The lowest BCUT2D eigenvalue weighted by Crippen LogP contribution is -2.65. The predicted molar refractivity (Wildman–Crippen MR) is 147 cm³/mol. The zero-order valence-corrected chi connectivity index (χ0v) is 25.3. The normalized spacial score (nSPS) is 27.3. The molecule has 1 aromatic carbocycles. The highest BCUT2D eigenvalue weighted by Gasteiger charge is 2.62. The number of amides is 1. The maximum absolute atomic E-state index is 13.7. The molecule has 3 aliphatic rings. The Kier molecular flexibility index (Phi) is 8.42. The van der Waals surface area contributed by atoms with E-state index in [9.17, 15) is 9.59 Å². The summed E-state index contributed by atoms with van der Waals surface area (Å²) in [5.74, 6) is -0.0559. The van der Waals surface area contributed by atoms with Crippen molar-refractivity contribution < 1.29 is 33.0 Å². The molecule has 4 rings (SSSR count). The molecule has 0 unspecified atom stereocenters. The fourth-order valence-corrected chi connectivity index (χ4v) is 9.44. The molecule has 210 valence electrons. The molecule has 0 aromatic heterocycles. The van der Waals surface area contributed by atoms with Crippen molar-refractivity contribution in [3.05, 3.63) is 41.1 Å². The van der Waals surface area contributed by atoms with Crippen molar-refractivity contribution in [3.63, 3.8) is 0 Å². The van der Waals surface area contributed by atoms with Crippen LogP contribution in [-0.2, 0) is 30.2 Å². The van der Waals surface area contributed by atoms with E-state index < -0.39 is 14.3 Å². The molecule has 0 N–H and O–H groups in total. The van der Waals surface area contributed by atoms with Gasteiger partial charge in [0.05, 0.1) is 39.3 Å². The standard InChI is InChI=1S/C29H45N2O6Si/c1-9-38(10-2,11-3)37-20(5)25-26-19(4)24(23-16-17-31(6,7)36-23)27(30(26)28(25)32)29(33)35-18-21-12-14-22(34-8)15-13-21/h12-15,19-20,23,25-26H,9-11,16-18H2,1-8H3/q+1/t19-,20+,23-,25+,26+/m0/s1. The second kappa shape index (κ2) is 11.1. The number of β-lactam (4-membered cyclic amide) rings is 1. The van der Waals surface area contributed by atoms with E-state index in [0.717, 1.165) is 48.0 Å². The van der Waals surface area contributed by atoms with E-state index in [2.05, 4.69) is 27.7 Å². The number of hydrogen-bond donors (Lipinski definition) is 0. The van der Waals surface area contributed by atoms with Crippen LogP contribution in [0.1, 0.15) is 46.6 Å². The number of ether oxygens (including phenoxy) is 2. The minimum atomic E-state index is -1.89. The van der Waals surface area contributed by atoms with Gasteiger partial charge in [0, 0.05) is 17.9 Å². The molecule has 3 heterocycles. The molecule has 38 heavy (non-hydrogen) atoms. The van der Waals surface area contributed by atoms with Gasteiger partial charge in [0.15, 0.2) is 8.32 Å². The van der Waals surface area contributed by atoms with Gasteiger partial charge in [-0.3, -0.25) is 4.79 Å². The number of hydrogen-bond acceptors (Lipinski definition) is 6. The van der Waals surface area contributed by atoms with Crippen LogP contribution in [0.3, 0.4) is 0 Å². The van der Waals surface area contributed by atoms with Crippen molar-refractivity contribution in [1.29, 1.82) is 0 Å². The summed E-state index contributed by atoms with van der Waals surface area (Å²) in [5, 5.41) is 0. The molecular formula is C29H45N2O6Si+. The summed E-state index contributed by atoms with van der Waals surface area (Å²) in [6, 6.07) is 10.4. The van der Waals surface area contributed by atoms with E-state index in [1.165, 1.54) is 0 Å². The molecule has 0 spiro atoms. The van der Waals surface area contributed by atoms with E-state index in [0.29, 0.717) is 10.3 Å². The van der Waals surface area contributed by atoms with Crippen LogP contribution >= 0.6 is 0 Å². The molecule has 2 saturated heterocycles. The van der Waals surface area contributed by atoms with E-state index in [4.69, 9.17) is 18.7 Å². The number of fused-ring (bicyclic) bond motifs is 1. The minimum absolute atomic E-state index is 0.0173. The molecule has 0 aliphatic carbocycles. The number of quaternary nitrogens is 1. The minimum Gasteiger partial charge on any atom is -0.497 e. The quantitative estimate of drug-likeness (QED) is 0.174. The first-order chi connectivity index (χ1) is 18.0. The lowest BCUT2D eigenvalue weighted by Gasteiger charge is -2.49. The number of hydroxylamine groups is 3. The molecule has 0 bridgehead atoms. The van der Waals surface area contributed by atoms with Gasteiger partial charge in [-0.2, -0.15) is 9.48 Å². The molecule has 1 amide bonds. The topological polar surface area (TPSA) is 74.3 Å². The summed E-state index contributed by atoms with van der Waals surface area (Å²) in [5.41, 5.74) is 2.13. The van der Waals surface area contributed by atoms with Crippen LogP contribution in [0.4, 0.5) is 0 Å². The highest BCUT2D eigenvalue weighted by atomic mass is 28.4. The third-order valence-electron chi connectivity index (χ3n) is 8.99. The van der Waals surface area contributed by atoms with Crippen molar-refractivity contribution in [2.45, 2.75) is 84.0 Å². The van der Waals surface area contributed by atoms with Crippen LogP contribution in [0.15, 0.2) is 35.5 Å². The van der Waals surface area contributed by atoms with Crippen molar-refractivity contribution >= 4 is 20.2 Å². The third kappa shape index (κ3) is 5.18.